The number of fused-ring (bicyclic) bond motifs is 1. The highest BCUT2D eigenvalue weighted by Gasteiger charge is 2.47. The number of rotatable bonds is 7. The molecule has 0 unspecified atom stereocenters. The van der Waals surface area contributed by atoms with Crippen LogP contribution in [0.5, 0.6) is 5.75 Å². The smallest absolute Gasteiger partial charge is 0.406 e. The highest BCUT2D eigenvalue weighted by Crippen LogP contribution is 2.47. The summed E-state index contributed by atoms with van der Waals surface area (Å²) in [5.41, 5.74) is 3.93. The monoisotopic (exact) mass is 571 g/mol. The number of nitrogens with one attached hydrogen (secondary N) is 2. The van der Waals surface area contributed by atoms with Crippen molar-refractivity contribution in [3.8, 4) is 16.9 Å². The van der Waals surface area contributed by atoms with Crippen LogP contribution in [0.3, 0.4) is 0 Å². The Morgan fingerprint density at radius 3 is 2.71 bits per heavy atom. The Balaban J connectivity index is 1.23. The lowest BCUT2D eigenvalue weighted by atomic mass is 9.87. The number of carbonyl (C=O) groups excluding carboxylic acids is 2. The zero-order valence-corrected chi connectivity index (χ0v) is 22.2. The first-order valence-corrected chi connectivity index (χ1v) is 13.4. The predicted octanol–water partition coefficient (Wildman–Crippen LogP) is 3.83. The van der Waals surface area contributed by atoms with Crippen LogP contribution in [0.1, 0.15) is 40.7 Å². The Hall–Kier alpha value is -4.13. The summed E-state index contributed by atoms with van der Waals surface area (Å²) in [5.74, 6) is 0.180. The molecule has 6 rings (SSSR count). The number of aryl methyl sites for hydroxylation is 1. The minimum Gasteiger partial charge on any atom is -0.406 e. The molecule has 3 heterocycles. The second-order valence-corrected chi connectivity index (χ2v) is 10.5. The molecular formula is C28H28F3N5O5. The predicted molar refractivity (Wildman–Crippen MR) is 138 cm³/mol. The van der Waals surface area contributed by atoms with Gasteiger partial charge in [-0.3, -0.25) is 4.79 Å². The fourth-order valence-corrected chi connectivity index (χ4v) is 5.33. The van der Waals surface area contributed by atoms with Gasteiger partial charge >= 0.3 is 12.4 Å². The summed E-state index contributed by atoms with van der Waals surface area (Å²) in [5, 5.41) is 9.75. The lowest BCUT2D eigenvalue weighted by molar-refractivity contribution is -0.274. The highest BCUT2D eigenvalue weighted by atomic mass is 19.4. The number of aromatic nitrogens is 2. The van der Waals surface area contributed by atoms with Gasteiger partial charge in [0.1, 0.15) is 5.75 Å². The van der Waals surface area contributed by atoms with Gasteiger partial charge in [-0.1, -0.05) is 29.4 Å². The molecule has 2 aliphatic heterocycles. The Morgan fingerprint density at radius 2 is 2.00 bits per heavy atom. The van der Waals surface area contributed by atoms with Crippen molar-refractivity contribution >= 4 is 11.9 Å². The molecule has 1 aliphatic carbocycles. The van der Waals surface area contributed by atoms with Gasteiger partial charge in [-0.2, -0.15) is 4.98 Å². The number of nitrogens with zero attached hydrogens (tertiary/aromatic N) is 3. The van der Waals surface area contributed by atoms with Crippen LogP contribution in [-0.2, 0) is 29.0 Å². The van der Waals surface area contributed by atoms with Crippen LogP contribution in [-0.4, -0.2) is 59.1 Å². The van der Waals surface area contributed by atoms with E-state index in [-0.39, 0.29) is 42.1 Å². The molecule has 1 aromatic heterocycles. The first-order chi connectivity index (χ1) is 19.6. The first kappa shape index (κ1) is 27.1. The minimum atomic E-state index is -4.80. The number of halogens is 3. The van der Waals surface area contributed by atoms with E-state index in [1.54, 1.807) is 17.9 Å². The summed E-state index contributed by atoms with van der Waals surface area (Å²) in [6, 6.07) is 9.30. The molecule has 1 saturated heterocycles. The average molecular weight is 572 g/mol. The second-order valence-electron chi connectivity index (χ2n) is 10.5. The third-order valence-electron chi connectivity index (χ3n) is 7.58. The molecule has 2 aromatic carbocycles. The number of alkyl halides is 3. The molecule has 2 fully saturated rings. The van der Waals surface area contributed by atoms with Crippen LogP contribution >= 0.6 is 0 Å². The van der Waals surface area contributed by atoms with Gasteiger partial charge in [0.25, 0.3) is 0 Å². The molecule has 2 atom stereocenters. The molecule has 0 bridgehead atoms. The Labute approximate surface area is 233 Å². The van der Waals surface area contributed by atoms with Crippen LogP contribution in [0.2, 0.25) is 0 Å². The SMILES string of the molecule is Cc1noc([C@H]2C[C@@H]2C(=O)NCc2ccc(-c3cccc(OC(F)(F)F)c3)c3c2CN(C(=O)NC2COC2)CC3)n1. The molecule has 13 heteroatoms. The van der Waals surface area contributed by atoms with Crippen LogP contribution in [0.15, 0.2) is 40.9 Å². The van der Waals surface area contributed by atoms with Crippen molar-refractivity contribution < 1.29 is 36.8 Å². The van der Waals surface area contributed by atoms with E-state index in [1.165, 1.54) is 18.2 Å². The Kier molecular flexibility index (Phi) is 7.06. The Bertz CT molecular complexity index is 1470. The van der Waals surface area contributed by atoms with Crippen molar-refractivity contribution in [3.63, 3.8) is 0 Å². The Morgan fingerprint density at radius 1 is 1.17 bits per heavy atom. The maximum Gasteiger partial charge on any atom is 0.573 e. The quantitative estimate of drug-likeness (QED) is 0.443. The van der Waals surface area contributed by atoms with E-state index in [0.717, 1.165) is 22.3 Å². The second kappa shape index (κ2) is 10.7. The largest absolute Gasteiger partial charge is 0.573 e. The fourth-order valence-electron chi connectivity index (χ4n) is 5.33. The lowest BCUT2D eigenvalue weighted by Crippen LogP contribution is -2.53. The van der Waals surface area contributed by atoms with Crippen molar-refractivity contribution in [2.75, 3.05) is 19.8 Å². The van der Waals surface area contributed by atoms with Crippen molar-refractivity contribution in [2.24, 2.45) is 5.92 Å². The van der Waals surface area contributed by atoms with Gasteiger partial charge in [0.05, 0.1) is 31.1 Å². The van der Waals surface area contributed by atoms with Gasteiger partial charge in [0.15, 0.2) is 5.82 Å². The molecule has 3 aliphatic rings. The maximum absolute atomic E-state index is 12.9. The summed E-state index contributed by atoms with van der Waals surface area (Å²) < 4.78 is 53.1. The molecule has 3 aromatic rings. The molecule has 2 N–H and O–H groups in total. The minimum absolute atomic E-state index is 0.0283. The summed E-state index contributed by atoms with van der Waals surface area (Å²) in [6.07, 6.45) is -3.69. The van der Waals surface area contributed by atoms with Crippen LogP contribution < -0.4 is 15.4 Å². The molecule has 3 amide bonds. The van der Waals surface area contributed by atoms with E-state index < -0.39 is 6.36 Å². The van der Waals surface area contributed by atoms with Crippen LogP contribution in [0.25, 0.3) is 11.1 Å². The number of amides is 3. The normalized spacial score (nSPS) is 20.1. The third kappa shape index (κ3) is 5.99. The summed E-state index contributed by atoms with van der Waals surface area (Å²) in [6.45, 7) is 3.62. The molecule has 0 spiro atoms. The number of benzene rings is 2. The topological polar surface area (TPSA) is 119 Å². The maximum atomic E-state index is 12.9. The van der Waals surface area contributed by atoms with Crippen molar-refractivity contribution in [3.05, 3.63) is 64.8 Å². The van der Waals surface area contributed by atoms with Gasteiger partial charge < -0.3 is 29.5 Å². The van der Waals surface area contributed by atoms with Crippen molar-refractivity contribution in [1.29, 1.82) is 0 Å². The van der Waals surface area contributed by atoms with Gasteiger partial charge in [0.2, 0.25) is 11.8 Å². The molecule has 0 radical (unpaired) electrons. The van der Waals surface area contributed by atoms with Crippen LogP contribution in [0, 0.1) is 12.8 Å². The third-order valence-corrected chi connectivity index (χ3v) is 7.58. The standard InChI is InChI=1S/C28H28F3N5O5/c1-15-33-26(41-35-15)23-10-22(23)25(37)32-11-17-5-6-20(16-3-2-4-19(9-16)40-28(29,30)31)21-7-8-36(12-24(17)21)27(38)34-18-13-39-14-18/h2-6,9,18,22-23H,7-8,10-14H2,1H3,(H,32,37)(H,34,38)/t22-,23-/m0/s1. The van der Waals surface area contributed by atoms with E-state index in [9.17, 15) is 22.8 Å². The number of ether oxygens (including phenoxy) is 2. The van der Waals surface area contributed by atoms with Gasteiger partial charge in [-0.15, -0.1) is 13.2 Å². The average Bonchev–Trinajstić information content (AvgIpc) is 3.60. The number of hydrogen-bond donors (Lipinski definition) is 2. The van der Waals surface area contributed by atoms with E-state index in [1.807, 2.05) is 12.1 Å². The zero-order valence-electron chi connectivity index (χ0n) is 22.2. The van der Waals surface area contributed by atoms with Crippen molar-refractivity contribution in [1.82, 2.24) is 25.7 Å². The highest BCUT2D eigenvalue weighted by molar-refractivity contribution is 5.83. The van der Waals surface area contributed by atoms with E-state index in [0.29, 0.717) is 56.4 Å². The first-order valence-electron chi connectivity index (χ1n) is 13.4. The van der Waals surface area contributed by atoms with E-state index >= 15 is 0 Å². The van der Waals surface area contributed by atoms with Gasteiger partial charge in [-0.05, 0) is 59.7 Å². The van der Waals surface area contributed by atoms with Crippen molar-refractivity contribution in [2.45, 2.75) is 51.2 Å². The number of hydrogen-bond acceptors (Lipinski definition) is 7. The number of carbonyl (C=O) groups is 2. The van der Waals surface area contributed by atoms with Crippen LogP contribution in [0.4, 0.5) is 18.0 Å². The molecular weight excluding hydrogens is 543 g/mol. The zero-order chi connectivity index (χ0) is 28.7. The fraction of sp³-hybridized carbons (Fsp3) is 0.429. The molecule has 1 saturated carbocycles. The van der Waals surface area contributed by atoms with Gasteiger partial charge in [0, 0.05) is 19.6 Å². The molecule has 41 heavy (non-hydrogen) atoms. The molecule has 216 valence electrons. The number of urea groups is 1. The lowest BCUT2D eigenvalue weighted by Gasteiger charge is -2.35. The molecule has 10 nitrogen and oxygen atoms in total. The summed E-state index contributed by atoms with van der Waals surface area (Å²) in [7, 11) is 0. The van der Waals surface area contributed by atoms with Gasteiger partial charge in [-0.25, -0.2) is 4.79 Å². The summed E-state index contributed by atoms with van der Waals surface area (Å²) in [4.78, 5) is 31.8. The van der Waals surface area contributed by atoms with E-state index in [4.69, 9.17) is 9.26 Å². The summed E-state index contributed by atoms with van der Waals surface area (Å²) >= 11 is 0. The van der Waals surface area contributed by atoms with E-state index in [2.05, 4.69) is 25.5 Å².